The Balaban J connectivity index is 2.23. The molecule has 1 aromatic carbocycles. The van der Waals surface area contributed by atoms with E-state index in [1.165, 1.54) is 24.0 Å². The molecule has 0 unspecified atom stereocenters. The summed E-state index contributed by atoms with van der Waals surface area (Å²) in [5, 5.41) is 0. The van der Waals surface area contributed by atoms with Gasteiger partial charge in [0.25, 0.3) is 0 Å². The van der Waals surface area contributed by atoms with Crippen LogP contribution in [0, 0.1) is 12.3 Å². The lowest BCUT2D eigenvalue weighted by Crippen LogP contribution is -2.55. The van der Waals surface area contributed by atoms with Crippen molar-refractivity contribution in [1.82, 2.24) is 0 Å². The fourth-order valence-electron chi connectivity index (χ4n) is 3.37. The van der Waals surface area contributed by atoms with Crippen molar-refractivity contribution in [3.63, 3.8) is 0 Å². The molecule has 1 aromatic rings. The lowest BCUT2D eigenvalue weighted by atomic mass is 9.53. The van der Waals surface area contributed by atoms with Gasteiger partial charge >= 0.3 is 0 Å². The molecule has 0 aromatic heterocycles. The van der Waals surface area contributed by atoms with E-state index in [9.17, 15) is 0 Å². The number of ether oxygens (including phenoxy) is 1. The summed E-state index contributed by atoms with van der Waals surface area (Å²) in [6.45, 7) is 6.62. The third-order valence-electron chi connectivity index (χ3n) is 4.86. The second kappa shape index (κ2) is 4.58. The van der Waals surface area contributed by atoms with Crippen LogP contribution in [-0.4, -0.2) is 7.11 Å². The average molecular weight is 247 g/mol. The topological polar surface area (TPSA) is 35.2 Å². The molecule has 18 heavy (non-hydrogen) atoms. The van der Waals surface area contributed by atoms with E-state index >= 15 is 0 Å². The van der Waals surface area contributed by atoms with Gasteiger partial charge < -0.3 is 10.5 Å². The van der Waals surface area contributed by atoms with Crippen molar-refractivity contribution >= 4 is 0 Å². The quantitative estimate of drug-likeness (QED) is 0.879. The third kappa shape index (κ3) is 2.03. The van der Waals surface area contributed by atoms with Crippen LogP contribution in [0.15, 0.2) is 18.2 Å². The van der Waals surface area contributed by atoms with E-state index in [2.05, 4.69) is 39.0 Å². The standard InChI is InChI=1S/C16H25NO/c1-5-15(6-2)10-16(17,11-15)13-8-7-12(3)14(9-13)18-4/h7-9H,5-6,10-11,17H2,1-4H3. The molecule has 1 aliphatic rings. The molecule has 2 rings (SSSR count). The Morgan fingerprint density at radius 2 is 1.83 bits per heavy atom. The van der Waals surface area contributed by atoms with E-state index in [-0.39, 0.29) is 5.54 Å². The Kier molecular flexibility index (Phi) is 3.41. The first-order valence-corrected chi connectivity index (χ1v) is 6.92. The van der Waals surface area contributed by atoms with E-state index in [0.717, 1.165) is 18.6 Å². The molecular weight excluding hydrogens is 222 g/mol. The highest BCUT2D eigenvalue weighted by Gasteiger charge is 2.50. The first-order valence-electron chi connectivity index (χ1n) is 6.92. The van der Waals surface area contributed by atoms with Crippen LogP contribution in [0.3, 0.4) is 0 Å². The van der Waals surface area contributed by atoms with Gasteiger partial charge in [0.15, 0.2) is 0 Å². The number of benzene rings is 1. The molecule has 0 bridgehead atoms. The van der Waals surface area contributed by atoms with E-state index in [0.29, 0.717) is 5.41 Å². The minimum absolute atomic E-state index is 0.146. The van der Waals surface area contributed by atoms with Gasteiger partial charge in [-0.15, -0.1) is 0 Å². The van der Waals surface area contributed by atoms with Gasteiger partial charge in [0.2, 0.25) is 0 Å². The Hall–Kier alpha value is -1.02. The number of nitrogens with two attached hydrogens (primary N) is 1. The van der Waals surface area contributed by atoms with Gasteiger partial charge in [0.05, 0.1) is 7.11 Å². The molecule has 1 aliphatic carbocycles. The highest BCUT2D eigenvalue weighted by atomic mass is 16.5. The molecular formula is C16H25NO. The number of hydrogen-bond acceptors (Lipinski definition) is 2. The minimum Gasteiger partial charge on any atom is -0.496 e. The second-order valence-corrected chi connectivity index (χ2v) is 5.90. The molecule has 0 amide bonds. The third-order valence-corrected chi connectivity index (χ3v) is 4.86. The molecule has 1 fully saturated rings. The van der Waals surface area contributed by atoms with Crippen LogP contribution in [0.25, 0.3) is 0 Å². The molecule has 0 saturated heterocycles. The Labute approximate surface area is 111 Å². The van der Waals surface area contributed by atoms with Crippen LogP contribution < -0.4 is 10.5 Å². The molecule has 100 valence electrons. The number of aryl methyl sites for hydroxylation is 1. The Bertz CT molecular complexity index is 427. The molecule has 0 heterocycles. The molecule has 2 heteroatoms. The van der Waals surface area contributed by atoms with Crippen LogP contribution in [-0.2, 0) is 5.54 Å². The summed E-state index contributed by atoms with van der Waals surface area (Å²) >= 11 is 0. The first kappa shape index (κ1) is 13.4. The van der Waals surface area contributed by atoms with Gasteiger partial charge in [0, 0.05) is 5.54 Å². The van der Waals surface area contributed by atoms with Gasteiger partial charge in [-0.05, 0) is 42.4 Å². The molecule has 0 atom stereocenters. The first-order chi connectivity index (χ1) is 8.48. The monoisotopic (exact) mass is 247 g/mol. The van der Waals surface area contributed by atoms with Gasteiger partial charge in [-0.3, -0.25) is 0 Å². The zero-order valence-corrected chi connectivity index (χ0v) is 12.0. The van der Waals surface area contributed by atoms with Crippen molar-refractivity contribution in [3.8, 4) is 5.75 Å². The fraction of sp³-hybridized carbons (Fsp3) is 0.625. The average Bonchev–Trinajstić information content (AvgIpc) is 2.35. The predicted octanol–water partition coefficient (Wildman–Crippen LogP) is 3.76. The fourth-order valence-corrected chi connectivity index (χ4v) is 3.37. The normalized spacial score (nSPS) is 20.3. The smallest absolute Gasteiger partial charge is 0.122 e. The lowest BCUT2D eigenvalue weighted by Gasteiger charge is -2.54. The van der Waals surface area contributed by atoms with Gasteiger partial charge in [0.1, 0.15) is 5.75 Å². The van der Waals surface area contributed by atoms with Gasteiger partial charge in [-0.25, -0.2) is 0 Å². The van der Waals surface area contributed by atoms with E-state index in [4.69, 9.17) is 10.5 Å². The summed E-state index contributed by atoms with van der Waals surface area (Å²) in [7, 11) is 1.72. The summed E-state index contributed by atoms with van der Waals surface area (Å²) in [6, 6.07) is 6.39. The zero-order chi connectivity index (χ0) is 13.4. The molecule has 1 saturated carbocycles. The van der Waals surface area contributed by atoms with Crippen LogP contribution in [0.4, 0.5) is 0 Å². The minimum atomic E-state index is -0.146. The number of rotatable bonds is 4. The SMILES string of the molecule is CCC1(CC)CC(N)(c2ccc(C)c(OC)c2)C1. The van der Waals surface area contributed by atoms with E-state index < -0.39 is 0 Å². The van der Waals surface area contributed by atoms with Crippen molar-refractivity contribution in [1.29, 1.82) is 0 Å². The zero-order valence-electron chi connectivity index (χ0n) is 12.0. The van der Waals surface area contributed by atoms with Crippen molar-refractivity contribution < 1.29 is 4.74 Å². The van der Waals surface area contributed by atoms with E-state index in [1.54, 1.807) is 7.11 Å². The van der Waals surface area contributed by atoms with Crippen molar-refractivity contribution in [2.24, 2.45) is 11.1 Å². The van der Waals surface area contributed by atoms with Crippen molar-refractivity contribution in [2.75, 3.05) is 7.11 Å². The maximum atomic E-state index is 6.57. The summed E-state index contributed by atoms with van der Waals surface area (Å²) < 4.78 is 5.40. The van der Waals surface area contributed by atoms with Gasteiger partial charge in [-0.2, -0.15) is 0 Å². The predicted molar refractivity (Wildman–Crippen MR) is 75.8 cm³/mol. The van der Waals surface area contributed by atoms with Crippen LogP contribution in [0.1, 0.15) is 50.7 Å². The van der Waals surface area contributed by atoms with Crippen LogP contribution in [0.5, 0.6) is 5.75 Å². The summed E-state index contributed by atoms with van der Waals surface area (Å²) in [4.78, 5) is 0. The second-order valence-electron chi connectivity index (χ2n) is 5.90. The highest BCUT2D eigenvalue weighted by molar-refractivity contribution is 5.41. The maximum Gasteiger partial charge on any atom is 0.122 e. The molecule has 0 radical (unpaired) electrons. The van der Waals surface area contributed by atoms with E-state index in [1.807, 2.05) is 0 Å². The number of methoxy groups -OCH3 is 1. The summed E-state index contributed by atoms with van der Waals surface area (Å²) in [6.07, 6.45) is 4.65. The van der Waals surface area contributed by atoms with Crippen LogP contribution in [0.2, 0.25) is 0 Å². The van der Waals surface area contributed by atoms with Gasteiger partial charge in [-0.1, -0.05) is 38.8 Å². The van der Waals surface area contributed by atoms with Crippen molar-refractivity contribution in [3.05, 3.63) is 29.3 Å². The molecule has 0 spiro atoms. The highest BCUT2D eigenvalue weighted by Crippen LogP contribution is 2.56. The van der Waals surface area contributed by atoms with Crippen molar-refractivity contribution in [2.45, 2.75) is 52.0 Å². The molecule has 0 aliphatic heterocycles. The maximum absolute atomic E-state index is 6.57. The molecule has 2 nitrogen and oxygen atoms in total. The Morgan fingerprint density at radius 3 is 2.33 bits per heavy atom. The summed E-state index contributed by atoms with van der Waals surface area (Å²) in [5.74, 6) is 0.947. The number of hydrogen-bond donors (Lipinski definition) is 1. The van der Waals surface area contributed by atoms with Crippen LogP contribution >= 0.6 is 0 Å². The molecule has 2 N–H and O–H groups in total. The Morgan fingerprint density at radius 1 is 1.22 bits per heavy atom. The lowest BCUT2D eigenvalue weighted by molar-refractivity contribution is 0.0165. The summed E-state index contributed by atoms with van der Waals surface area (Å²) in [5.41, 5.74) is 9.28. The largest absolute Gasteiger partial charge is 0.496 e.